The van der Waals surface area contributed by atoms with E-state index >= 15 is 0 Å². The molecule has 0 bridgehead atoms. The van der Waals surface area contributed by atoms with E-state index in [0.717, 1.165) is 16.5 Å². The van der Waals surface area contributed by atoms with Crippen LogP contribution in [0.2, 0.25) is 0 Å². The summed E-state index contributed by atoms with van der Waals surface area (Å²) in [5.41, 5.74) is 2.40. The fourth-order valence-corrected chi connectivity index (χ4v) is 2.87. The lowest BCUT2D eigenvalue weighted by Gasteiger charge is -2.07. The molecule has 0 aliphatic rings. The van der Waals surface area contributed by atoms with Gasteiger partial charge in [-0.05, 0) is 30.2 Å². The quantitative estimate of drug-likeness (QED) is 0.464. The number of amides is 1. The molecule has 0 fully saturated rings. The molecule has 136 valence electrons. The van der Waals surface area contributed by atoms with Gasteiger partial charge in [0.25, 0.3) is 5.91 Å². The lowest BCUT2D eigenvalue weighted by Crippen LogP contribution is -2.26. The van der Waals surface area contributed by atoms with Crippen LogP contribution in [-0.2, 0) is 11.2 Å². The van der Waals surface area contributed by atoms with Crippen LogP contribution in [0.1, 0.15) is 11.1 Å². The number of carbonyl (C=O) groups excluding carboxylic acids is 1. The monoisotopic (exact) mass is 361 g/mol. The van der Waals surface area contributed by atoms with Gasteiger partial charge in [-0.1, -0.05) is 30.3 Å². The van der Waals surface area contributed by atoms with Crippen molar-refractivity contribution in [2.45, 2.75) is 6.42 Å². The molecule has 3 rings (SSSR count). The van der Waals surface area contributed by atoms with Gasteiger partial charge in [-0.25, -0.2) is 0 Å². The summed E-state index contributed by atoms with van der Waals surface area (Å²) in [6.07, 6.45) is 3.91. The highest BCUT2D eigenvalue weighted by atomic mass is 16.5. The van der Waals surface area contributed by atoms with Gasteiger partial charge in [-0.3, -0.25) is 4.79 Å². The zero-order valence-corrected chi connectivity index (χ0v) is 14.8. The molecule has 0 aliphatic carbocycles. The van der Waals surface area contributed by atoms with Crippen LogP contribution in [-0.4, -0.2) is 29.7 Å². The maximum atomic E-state index is 12.3. The fraction of sp³-hybridized carbons (Fsp3) is 0.143. The van der Waals surface area contributed by atoms with Crippen LogP contribution >= 0.6 is 0 Å². The Labute approximate surface area is 156 Å². The van der Waals surface area contributed by atoms with Crippen LogP contribution in [0.5, 0.6) is 11.5 Å². The summed E-state index contributed by atoms with van der Waals surface area (Å²) in [6.45, 7) is 0.393. The van der Waals surface area contributed by atoms with Gasteiger partial charge in [0.05, 0.1) is 7.11 Å². The van der Waals surface area contributed by atoms with E-state index in [1.165, 1.54) is 13.2 Å². The van der Waals surface area contributed by atoms with Gasteiger partial charge < -0.3 is 20.1 Å². The first kappa shape index (κ1) is 18.1. The number of phenolic OH excluding ortho intramolecular Hbond substituents is 1. The summed E-state index contributed by atoms with van der Waals surface area (Å²) in [5, 5.41) is 23.3. The second-order valence-corrected chi connectivity index (χ2v) is 5.93. The third kappa shape index (κ3) is 3.93. The number of nitriles is 1. The van der Waals surface area contributed by atoms with E-state index in [4.69, 9.17) is 4.74 Å². The van der Waals surface area contributed by atoms with Crippen molar-refractivity contribution in [2.24, 2.45) is 0 Å². The summed E-state index contributed by atoms with van der Waals surface area (Å²) >= 11 is 0. The van der Waals surface area contributed by atoms with E-state index in [0.29, 0.717) is 18.5 Å². The van der Waals surface area contributed by atoms with E-state index in [-0.39, 0.29) is 17.1 Å². The predicted molar refractivity (Wildman–Crippen MR) is 103 cm³/mol. The second kappa shape index (κ2) is 8.11. The number of benzene rings is 2. The summed E-state index contributed by atoms with van der Waals surface area (Å²) in [7, 11) is 1.44. The van der Waals surface area contributed by atoms with Gasteiger partial charge >= 0.3 is 0 Å². The molecule has 3 N–H and O–H groups in total. The third-order valence-corrected chi connectivity index (χ3v) is 4.27. The Morgan fingerprint density at radius 1 is 1.30 bits per heavy atom. The number of carbonyl (C=O) groups is 1. The number of phenols is 1. The third-order valence-electron chi connectivity index (χ3n) is 4.27. The Morgan fingerprint density at radius 2 is 2.11 bits per heavy atom. The first-order valence-corrected chi connectivity index (χ1v) is 8.45. The van der Waals surface area contributed by atoms with Crippen molar-refractivity contribution in [1.29, 1.82) is 5.26 Å². The van der Waals surface area contributed by atoms with Crippen LogP contribution in [0.4, 0.5) is 0 Å². The molecule has 0 saturated carbocycles. The number of para-hydroxylation sites is 2. The molecule has 0 radical (unpaired) electrons. The molecular formula is C21H19N3O3. The molecule has 1 aromatic heterocycles. The maximum Gasteiger partial charge on any atom is 0.261 e. The molecule has 1 amide bonds. The predicted octanol–water partition coefficient (Wildman–Crippen LogP) is 3.15. The van der Waals surface area contributed by atoms with Crippen LogP contribution in [0.3, 0.4) is 0 Å². The molecule has 27 heavy (non-hydrogen) atoms. The lowest BCUT2D eigenvalue weighted by atomic mass is 10.1. The van der Waals surface area contributed by atoms with Gasteiger partial charge in [0, 0.05) is 29.2 Å². The number of aromatic hydroxyl groups is 1. The van der Waals surface area contributed by atoms with Crippen molar-refractivity contribution < 1.29 is 14.6 Å². The Bertz CT molecular complexity index is 1040. The van der Waals surface area contributed by atoms with Crippen LogP contribution < -0.4 is 10.1 Å². The van der Waals surface area contributed by atoms with Crippen molar-refractivity contribution in [3.63, 3.8) is 0 Å². The zero-order chi connectivity index (χ0) is 19.2. The SMILES string of the molecule is COc1cccc(/C=C(\C#N)C(=O)NCCc2c[nH]c3ccccc23)c1O. The van der Waals surface area contributed by atoms with Crippen molar-refractivity contribution in [3.8, 4) is 17.6 Å². The van der Waals surface area contributed by atoms with Crippen LogP contribution in [0.15, 0.2) is 54.2 Å². The van der Waals surface area contributed by atoms with E-state index in [2.05, 4.69) is 10.3 Å². The molecule has 1 heterocycles. The summed E-state index contributed by atoms with van der Waals surface area (Å²) in [6, 6.07) is 14.7. The molecule has 6 heteroatoms. The van der Waals surface area contributed by atoms with E-state index in [1.807, 2.05) is 36.5 Å². The van der Waals surface area contributed by atoms with Crippen molar-refractivity contribution in [1.82, 2.24) is 10.3 Å². The largest absolute Gasteiger partial charge is 0.504 e. The Hall–Kier alpha value is -3.72. The van der Waals surface area contributed by atoms with Gasteiger partial charge in [-0.2, -0.15) is 5.26 Å². The van der Waals surface area contributed by atoms with E-state index < -0.39 is 5.91 Å². The molecule has 0 aliphatic heterocycles. The molecule has 6 nitrogen and oxygen atoms in total. The number of aromatic amines is 1. The Balaban J connectivity index is 1.68. The average molecular weight is 361 g/mol. The molecule has 0 spiro atoms. The van der Waals surface area contributed by atoms with Crippen LogP contribution in [0.25, 0.3) is 17.0 Å². The highest BCUT2D eigenvalue weighted by Crippen LogP contribution is 2.30. The molecule has 3 aromatic rings. The summed E-state index contributed by atoms with van der Waals surface area (Å²) in [4.78, 5) is 15.5. The Kier molecular flexibility index (Phi) is 5.43. The molecule has 0 saturated heterocycles. The number of ether oxygens (including phenoxy) is 1. The number of fused-ring (bicyclic) bond motifs is 1. The van der Waals surface area contributed by atoms with Crippen molar-refractivity contribution in [3.05, 3.63) is 65.4 Å². The minimum atomic E-state index is -0.487. The van der Waals surface area contributed by atoms with Gasteiger partial charge in [0.1, 0.15) is 11.6 Å². The fourth-order valence-electron chi connectivity index (χ4n) is 2.87. The van der Waals surface area contributed by atoms with E-state index in [9.17, 15) is 15.2 Å². The number of H-pyrrole nitrogens is 1. The van der Waals surface area contributed by atoms with Crippen LogP contribution in [0, 0.1) is 11.3 Å². The van der Waals surface area contributed by atoms with Crippen molar-refractivity contribution >= 4 is 22.9 Å². The number of methoxy groups -OCH3 is 1. The number of hydrogen-bond donors (Lipinski definition) is 3. The standard InChI is InChI=1S/C21H19N3O3/c1-27-19-8-4-5-14(20(19)25)11-16(12-22)21(26)23-10-9-15-13-24-18-7-3-2-6-17(15)18/h2-8,11,13,24-25H,9-10H2,1H3,(H,23,26)/b16-11+. The minimum Gasteiger partial charge on any atom is -0.504 e. The highest BCUT2D eigenvalue weighted by Gasteiger charge is 2.12. The topological polar surface area (TPSA) is 98.1 Å². The first-order chi connectivity index (χ1) is 13.1. The molecular weight excluding hydrogens is 342 g/mol. The van der Waals surface area contributed by atoms with Crippen molar-refractivity contribution in [2.75, 3.05) is 13.7 Å². The zero-order valence-electron chi connectivity index (χ0n) is 14.8. The minimum absolute atomic E-state index is 0.0857. The molecule has 0 unspecified atom stereocenters. The van der Waals surface area contributed by atoms with E-state index in [1.54, 1.807) is 18.2 Å². The number of hydrogen-bond acceptors (Lipinski definition) is 4. The number of rotatable bonds is 6. The summed E-state index contributed by atoms with van der Waals surface area (Å²) in [5.74, 6) is -0.320. The average Bonchev–Trinajstić information content (AvgIpc) is 3.10. The van der Waals surface area contributed by atoms with Gasteiger partial charge in [0.2, 0.25) is 0 Å². The highest BCUT2D eigenvalue weighted by molar-refractivity contribution is 6.02. The van der Waals surface area contributed by atoms with Gasteiger partial charge in [-0.15, -0.1) is 0 Å². The number of aromatic nitrogens is 1. The second-order valence-electron chi connectivity index (χ2n) is 5.93. The van der Waals surface area contributed by atoms with Gasteiger partial charge in [0.15, 0.2) is 11.5 Å². The summed E-state index contributed by atoms with van der Waals surface area (Å²) < 4.78 is 5.04. The Morgan fingerprint density at radius 3 is 2.89 bits per heavy atom. The smallest absolute Gasteiger partial charge is 0.261 e. The first-order valence-electron chi connectivity index (χ1n) is 8.45. The number of nitrogens with one attached hydrogen (secondary N) is 2. The normalized spacial score (nSPS) is 11.2. The lowest BCUT2D eigenvalue weighted by molar-refractivity contribution is -0.117. The number of nitrogens with zero attached hydrogens (tertiary/aromatic N) is 1. The maximum absolute atomic E-state index is 12.3. The molecule has 2 aromatic carbocycles. The molecule has 0 atom stereocenters.